The average Bonchev–Trinajstić information content (AvgIpc) is 3.26. The molecule has 7 nitrogen and oxygen atoms in total. The first-order valence-corrected chi connectivity index (χ1v) is 12.3. The van der Waals surface area contributed by atoms with Crippen LogP contribution in [0.5, 0.6) is 11.5 Å². The number of carbonyl (C=O) groups excluding carboxylic acids is 2. The van der Waals surface area contributed by atoms with Gasteiger partial charge in [-0.15, -0.1) is 0 Å². The second kappa shape index (κ2) is 12.6. The number of rotatable bonds is 14. The number of ether oxygens (including phenoxy) is 1. The topological polar surface area (TPSA) is 103 Å². The lowest BCUT2D eigenvalue weighted by Crippen LogP contribution is -2.17. The van der Waals surface area contributed by atoms with Crippen molar-refractivity contribution in [3.63, 3.8) is 0 Å². The molecule has 4 rings (SSSR count). The molecule has 192 valence electrons. The highest BCUT2D eigenvalue weighted by molar-refractivity contribution is 5.86. The van der Waals surface area contributed by atoms with E-state index in [4.69, 9.17) is 4.74 Å². The minimum atomic E-state index is -0.544. The first kappa shape index (κ1) is 25.8. The van der Waals surface area contributed by atoms with Crippen molar-refractivity contribution in [1.82, 2.24) is 15.6 Å². The Morgan fingerprint density at radius 2 is 1.62 bits per heavy atom. The third kappa shape index (κ3) is 6.67. The number of aromatic amines is 1. The molecular weight excluding hydrogens is 473 g/mol. The maximum atomic E-state index is 13.6. The monoisotopic (exact) mass is 503 g/mol. The fourth-order valence-corrected chi connectivity index (χ4v) is 4.42. The Morgan fingerprint density at radius 1 is 0.892 bits per heavy atom. The summed E-state index contributed by atoms with van der Waals surface area (Å²) in [6.07, 6.45) is 4.09. The number of carbonyl (C=O) groups is 2. The van der Waals surface area contributed by atoms with E-state index in [0.717, 1.165) is 47.0 Å². The van der Waals surface area contributed by atoms with Crippen LogP contribution in [-0.2, 0) is 22.4 Å². The molecule has 0 radical (unpaired) electrons. The molecule has 0 saturated carbocycles. The largest absolute Gasteiger partial charge is 0.508 e. The van der Waals surface area contributed by atoms with Crippen molar-refractivity contribution in [3.8, 4) is 11.5 Å². The summed E-state index contributed by atoms with van der Waals surface area (Å²) in [4.78, 5) is 24.7. The van der Waals surface area contributed by atoms with Gasteiger partial charge in [-0.1, -0.05) is 24.3 Å². The van der Waals surface area contributed by atoms with Gasteiger partial charge in [0.05, 0.1) is 5.69 Å². The van der Waals surface area contributed by atoms with Crippen LogP contribution in [0.2, 0.25) is 0 Å². The Hall–Kier alpha value is -4.33. The number of phenols is 1. The van der Waals surface area contributed by atoms with Crippen molar-refractivity contribution in [3.05, 3.63) is 94.9 Å². The van der Waals surface area contributed by atoms with Crippen LogP contribution in [0.4, 0.5) is 4.39 Å². The quantitative estimate of drug-likeness (QED) is 0.150. The fraction of sp³-hybridized carbons (Fsp3) is 0.241. The third-order valence-electron chi connectivity index (χ3n) is 6.26. The number of benzene rings is 3. The van der Waals surface area contributed by atoms with Gasteiger partial charge in [-0.3, -0.25) is 9.59 Å². The summed E-state index contributed by atoms with van der Waals surface area (Å²) in [5.74, 6) is 0.307. The van der Waals surface area contributed by atoms with Crippen LogP contribution < -0.4 is 15.4 Å². The smallest absolute Gasteiger partial charge is 0.207 e. The number of amides is 2. The molecule has 0 aliphatic rings. The number of halogens is 1. The van der Waals surface area contributed by atoms with Crippen LogP contribution in [0.15, 0.2) is 66.7 Å². The molecule has 1 aromatic heterocycles. The fourth-order valence-electron chi connectivity index (χ4n) is 4.42. The molecule has 4 aromatic rings. The number of nitrogens with one attached hydrogen (secondary N) is 3. The lowest BCUT2D eigenvalue weighted by Gasteiger charge is -2.21. The van der Waals surface area contributed by atoms with Gasteiger partial charge in [0.2, 0.25) is 12.8 Å². The van der Waals surface area contributed by atoms with E-state index in [1.165, 1.54) is 17.7 Å². The van der Waals surface area contributed by atoms with Gasteiger partial charge < -0.3 is 25.5 Å². The molecule has 0 aliphatic heterocycles. The predicted molar refractivity (Wildman–Crippen MR) is 140 cm³/mol. The molecule has 1 heterocycles. The lowest BCUT2D eigenvalue weighted by atomic mass is 9.97. The molecule has 0 spiro atoms. The van der Waals surface area contributed by atoms with E-state index in [0.29, 0.717) is 38.1 Å². The molecule has 3 aromatic carbocycles. The summed E-state index contributed by atoms with van der Waals surface area (Å²) in [6, 6.07) is 19.2. The Labute approximate surface area is 214 Å². The Bertz CT molecular complexity index is 1320. The van der Waals surface area contributed by atoms with Crippen molar-refractivity contribution in [2.45, 2.75) is 31.8 Å². The second-order valence-corrected chi connectivity index (χ2v) is 8.79. The number of aromatic nitrogens is 1. The van der Waals surface area contributed by atoms with Gasteiger partial charge in [-0.2, -0.15) is 0 Å². The average molecular weight is 504 g/mol. The zero-order valence-electron chi connectivity index (χ0n) is 20.4. The number of aryl methyl sites for hydroxylation is 1. The molecule has 0 saturated heterocycles. The van der Waals surface area contributed by atoms with Crippen molar-refractivity contribution >= 4 is 23.7 Å². The summed E-state index contributed by atoms with van der Waals surface area (Å²) < 4.78 is 20.0. The van der Waals surface area contributed by atoms with Gasteiger partial charge >= 0.3 is 0 Å². The first-order chi connectivity index (χ1) is 18.1. The van der Waals surface area contributed by atoms with Crippen LogP contribution in [-0.4, -0.2) is 36.0 Å². The zero-order chi connectivity index (χ0) is 26.0. The van der Waals surface area contributed by atoms with E-state index in [9.17, 15) is 19.1 Å². The Morgan fingerprint density at radius 3 is 2.35 bits per heavy atom. The van der Waals surface area contributed by atoms with Gasteiger partial charge in [0.1, 0.15) is 17.3 Å². The minimum absolute atomic E-state index is 0.145. The second-order valence-electron chi connectivity index (χ2n) is 8.79. The molecule has 0 fully saturated rings. The number of hydrogen-bond acceptors (Lipinski definition) is 4. The molecule has 2 amide bonds. The number of unbranched alkanes of at least 4 members (excludes halogenated alkanes) is 1. The maximum absolute atomic E-state index is 13.6. The normalized spacial score (nSPS) is 11.7. The van der Waals surface area contributed by atoms with Crippen LogP contribution in [0.1, 0.15) is 41.3 Å². The summed E-state index contributed by atoms with van der Waals surface area (Å²) in [5, 5.41) is 16.4. The molecule has 1 atom stereocenters. The zero-order valence-corrected chi connectivity index (χ0v) is 20.4. The Balaban J connectivity index is 1.69. The van der Waals surface area contributed by atoms with Gasteiger partial charge in [-0.25, -0.2) is 4.39 Å². The first-order valence-electron chi connectivity index (χ1n) is 12.3. The number of aromatic hydroxyl groups is 1. The van der Waals surface area contributed by atoms with E-state index < -0.39 is 6.10 Å². The van der Waals surface area contributed by atoms with Gasteiger partial charge in [0.25, 0.3) is 0 Å². The lowest BCUT2D eigenvalue weighted by molar-refractivity contribution is -0.110. The molecule has 37 heavy (non-hydrogen) atoms. The van der Waals surface area contributed by atoms with Crippen LogP contribution >= 0.6 is 0 Å². The molecule has 0 aliphatic carbocycles. The van der Waals surface area contributed by atoms with Crippen molar-refractivity contribution in [1.29, 1.82) is 0 Å². The molecule has 0 bridgehead atoms. The molecule has 1 unspecified atom stereocenters. The maximum Gasteiger partial charge on any atom is 0.207 e. The Kier molecular flexibility index (Phi) is 8.75. The van der Waals surface area contributed by atoms with E-state index in [1.54, 1.807) is 24.3 Å². The highest BCUT2D eigenvalue weighted by Gasteiger charge is 2.24. The summed E-state index contributed by atoms with van der Waals surface area (Å²) in [6.45, 7) is 1.08. The number of H-pyrrole nitrogens is 1. The van der Waals surface area contributed by atoms with Crippen molar-refractivity contribution < 1.29 is 23.8 Å². The highest BCUT2D eigenvalue weighted by atomic mass is 19.1. The van der Waals surface area contributed by atoms with Crippen molar-refractivity contribution in [2.24, 2.45) is 0 Å². The summed E-state index contributed by atoms with van der Waals surface area (Å²) in [7, 11) is 0. The van der Waals surface area contributed by atoms with E-state index in [-0.39, 0.29) is 11.6 Å². The number of phenolic OH excluding ortho intramolecular Hbond substituents is 1. The number of hydrogen-bond donors (Lipinski definition) is 4. The van der Waals surface area contributed by atoms with Crippen LogP contribution in [0.3, 0.4) is 0 Å². The molecular formula is C29H30FN3O4. The van der Waals surface area contributed by atoms with Crippen molar-refractivity contribution in [2.75, 3.05) is 13.1 Å². The van der Waals surface area contributed by atoms with E-state index in [1.807, 2.05) is 18.2 Å². The SMILES string of the molecule is O=CNCCCCc1ccc(C(Oc2ccc(F)cc2)c2[nH]c3ccc(O)cc3c2CCNC=O)cc1. The van der Waals surface area contributed by atoms with Crippen LogP contribution in [0, 0.1) is 5.82 Å². The molecule has 4 N–H and O–H groups in total. The number of fused-ring (bicyclic) bond motifs is 1. The van der Waals surface area contributed by atoms with Gasteiger partial charge in [-0.05, 0) is 84.8 Å². The highest BCUT2D eigenvalue weighted by Crippen LogP contribution is 2.35. The summed E-state index contributed by atoms with van der Waals surface area (Å²) >= 11 is 0. The van der Waals surface area contributed by atoms with E-state index in [2.05, 4.69) is 27.8 Å². The predicted octanol–water partition coefficient (Wildman–Crippen LogP) is 4.54. The van der Waals surface area contributed by atoms with Gasteiger partial charge in [0.15, 0.2) is 6.10 Å². The molecule has 8 heteroatoms. The van der Waals surface area contributed by atoms with E-state index >= 15 is 0 Å². The minimum Gasteiger partial charge on any atom is -0.508 e. The third-order valence-corrected chi connectivity index (χ3v) is 6.26. The standard InChI is InChI=1S/C29H30FN3O4/c30-22-8-11-24(12-9-22)37-29(21-6-4-20(5-7-21)3-1-2-15-31-18-34)28-25(14-16-32-19-35)26-17-23(36)10-13-27(26)33-28/h4-13,17-19,29,33,36H,1-3,14-16H2,(H,31,34)(H,32,35). The summed E-state index contributed by atoms with van der Waals surface area (Å²) in [5.41, 5.74) is 4.62. The van der Waals surface area contributed by atoms with Gasteiger partial charge in [0, 0.05) is 24.0 Å². The van der Waals surface area contributed by atoms with Crippen LogP contribution in [0.25, 0.3) is 10.9 Å².